The second kappa shape index (κ2) is 4.56. The van der Waals surface area contributed by atoms with Crippen LogP contribution in [-0.2, 0) is 16.4 Å². The number of benzene rings is 1. The predicted octanol–water partition coefficient (Wildman–Crippen LogP) is 2.72. The summed E-state index contributed by atoms with van der Waals surface area (Å²) in [6.07, 6.45) is 0.616. The molecule has 0 spiro atoms. The van der Waals surface area contributed by atoms with Gasteiger partial charge in [-0.1, -0.05) is 24.6 Å². The second-order valence-corrected chi connectivity index (χ2v) is 7.50. The van der Waals surface area contributed by atoms with E-state index in [0.717, 1.165) is 11.1 Å². The van der Waals surface area contributed by atoms with Crippen LogP contribution in [0, 0.1) is 19.8 Å². The van der Waals surface area contributed by atoms with Crippen molar-refractivity contribution in [1.82, 2.24) is 3.97 Å². The summed E-state index contributed by atoms with van der Waals surface area (Å²) in [5, 5.41) is 0. The van der Waals surface area contributed by atoms with E-state index in [-0.39, 0.29) is 16.6 Å². The maximum absolute atomic E-state index is 12.8. The Bertz CT molecular complexity index is 829. The first kappa shape index (κ1) is 14.1. The molecule has 1 aromatic carbocycles. The molecular weight excluding hydrogens is 286 g/mol. The summed E-state index contributed by atoms with van der Waals surface area (Å²) in [6, 6.07) is 8.49. The van der Waals surface area contributed by atoms with E-state index in [9.17, 15) is 13.2 Å². The van der Waals surface area contributed by atoms with E-state index in [4.69, 9.17) is 0 Å². The molecule has 1 atom stereocenters. The van der Waals surface area contributed by atoms with Crippen molar-refractivity contribution in [2.45, 2.75) is 32.1 Å². The molecule has 1 aliphatic carbocycles. The van der Waals surface area contributed by atoms with Crippen LogP contribution < -0.4 is 0 Å². The van der Waals surface area contributed by atoms with Crippen LogP contribution in [0.3, 0.4) is 0 Å². The molecule has 21 heavy (non-hydrogen) atoms. The van der Waals surface area contributed by atoms with Crippen LogP contribution in [0.5, 0.6) is 0 Å². The third-order valence-corrected chi connectivity index (χ3v) is 5.80. The second-order valence-electron chi connectivity index (χ2n) is 5.71. The summed E-state index contributed by atoms with van der Waals surface area (Å²) in [4.78, 5) is 12.5. The van der Waals surface area contributed by atoms with Gasteiger partial charge in [0.15, 0.2) is 5.78 Å². The van der Waals surface area contributed by atoms with Gasteiger partial charge in [-0.25, -0.2) is 12.4 Å². The molecule has 0 bridgehead atoms. The van der Waals surface area contributed by atoms with Crippen molar-refractivity contribution in [2.24, 2.45) is 5.92 Å². The van der Waals surface area contributed by atoms with Gasteiger partial charge in [-0.15, -0.1) is 0 Å². The first-order valence-electron chi connectivity index (χ1n) is 6.90. The lowest BCUT2D eigenvalue weighted by Gasteiger charge is -2.12. The smallest absolute Gasteiger partial charge is 0.268 e. The third-order valence-electron chi connectivity index (χ3n) is 3.98. The van der Waals surface area contributed by atoms with E-state index >= 15 is 0 Å². The minimum atomic E-state index is -3.73. The molecule has 1 aromatic heterocycles. The fraction of sp³-hybridized carbons (Fsp3) is 0.312. The Labute approximate surface area is 124 Å². The number of nitrogens with zero attached hydrogens (tertiary/aromatic N) is 1. The largest absolute Gasteiger partial charge is 0.292 e. The van der Waals surface area contributed by atoms with Crippen molar-refractivity contribution in [1.29, 1.82) is 0 Å². The number of ketones is 1. The molecule has 4 nitrogen and oxygen atoms in total. The topological polar surface area (TPSA) is 56.1 Å². The van der Waals surface area contributed by atoms with E-state index in [2.05, 4.69) is 0 Å². The Morgan fingerprint density at radius 2 is 1.76 bits per heavy atom. The maximum Gasteiger partial charge on any atom is 0.268 e. The first-order chi connectivity index (χ1) is 9.82. The number of fused-ring (bicyclic) bond motifs is 1. The van der Waals surface area contributed by atoms with Crippen LogP contribution >= 0.6 is 0 Å². The average Bonchev–Trinajstić information content (AvgIpc) is 2.87. The van der Waals surface area contributed by atoms with E-state index in [1.165, 1.54) is 3.97 Å². The van der Waals surface area contributed by atoms with Crippen LogP contribution in [0.1, 0.15) is 34.2 Å². The molecule has 0 unspecified atom stereocenters. The summed E-state index contributed by atoms with van der Waals surface area (Å²) < 4.78 is 26.9. The highest BCUT2D eigenvalue weighted by Crippen LogP contribution is 2.32. The van der Waals surface area contributed by atoms with Gasteiger partial charge in [0.05, 0.1) is 4.90 Å². The quantitative estimate of drug-likeness (QED) is 0.857. The number of hydrogen-bond acceptors (Lipinski definition) is 3. The molecule has 5 heteroatoms. The van der Waals surface area contributed by atoms with Crippen LogP contribution in [0.15, 0.2) is 35.2 Å². The van der Waals surface area contributed by atoms with E-state index in [1.807, 2.05) is 19.9 Å². The van der Waals surface area contributed by atoms with Gasteiger partial charge < -0.3 is 0 Å². The Morgan fingerprint density at radius 3 is 2.38 bits per heavy atom. The Kier molecular flexibility index (Phi) is 3.06. The molecule has 0 fully saturated rings. The minimum Gasteiger partial charge on any atom is -0.292 e. The highest BCUT2D eigenvalue weighted by Gasteiger charge is 2.35. The lowest BCUT2D eigenvalue weighted by Crippen LogP contribution is -2.20. The summed E-state index contributed by atoms with van der Waals surface area (Å²) in [6.45, 7) is 5.46. The van der Waals surface area contributed by atoms with Crippen molar-refractivity contribution in [3.8, 4) is 0 Å². The molecule has 3 rings (SSSR count). The Balaban J connectivity index is 2.22. The van der Waals surface area contributed by atoms with Crippen molar-refractivity contribution in [2.75, 3.05) is 0 Å². The lowest BCUT2D eigenvalue weighted by atomic mass is 10.1. The zero-order chi connectivity index (χ0) is 15.4. The van der Waals surface area contributed by atoms with Gasteiger partial charge in [0.1, 0.15) is 5.69 Å². The summed E-state index contributed by atoms with van der Waals surface area (Å²) in [5.41, 5.74) is 2.75. The summed E-state index contributed by atoms with van der Waals surface area (Å²) in [5.74, 6) is -0.233. The molecule has 0 N–H and O–H groups in total. The fourth-order valence-corrected chi connectivity index (χ4v) is 4.45. The standard InChI is InChI=1S/C16H17NO3S/c1-10-4-6-14(7-5-10)21(19,20)17-12(3)9-13-8-11(2)16(18)15(13)17/h4-7,9,11H,8H2,1-3H3/t11-/m0/s1. The SMILES string of the molecule is Cc1ccc(S(=O)(=O)n2c(C)cc3c2C(=O)[C@@H](C)C3)cc1. The molecule has 1 aliphatic rings. The number of Topliss-reactive ketones (excluding diaryl/α,β-unsaturated/α-hetero) is 1. The highest BCUT2D eigenvalue weighted by molar-refractivity contribution is 7.90. The van der Waals surface area contributed by atoms with Gasteiger partial charge in [0.25, 0.3) is 10.0 Å². The van der Waals surface area contributed by atoms with Crippen molar-refractivity contribution < 1.29 is 13.2 Å². The first-order valence-corrected chi connectivity index (χ1v) is 8.34. The summed E-state index contributed by atoms with van der Waals surface area (Å²) >= 11 is 0. The van der Waals surface area contributed by atoms with Crippen LogP contribution in [-0.4, -0.2) is 18.2 Å². The number of carbonyl (C=O) groups is 1. The Morgan fingerprint density at radius 1 is 1.14 bits per heavy atom. The number of aryl methyl sites for hydroxylation is 2. The summed E-state index contributed by atoms with van der Waals surface area (Å²) in [7, 11) is -3.73. The van der Waals surface area contributed by atoms with Crippen molar-refractivity contribution in [3.05, 3.63) is 52.8 Å². The van der Waals surface area contributed by atoms with E-state index in [1.54, 1.807) is 31.2 Å². The molecule has 0 radical (unpaired) electrons. The highest BCUT2D eigenvalue weighted by atomic mass is 32.2. The molecule has 0 amide bonds. The lowest BCUT2D eigenvalue weighted by molar-refractivity contribution is 0.0940. The van der Waals surface area contributed by atoms with E-state index in [0.29, 0.717) is 17.8 Å². The molecule has 110 valence electrons. The predicted molar refractivity (Wildman–Crippen MR) is 80.1 cm³/mol. The van der Waals surface area contributed by atoms with Crippen LogP contribution in [0.4, 0.5) is 0 Å². The third kappa shape index (κ3) is 2.03. The number of aromatic nitrogens is 1. The van der Waals surface area contributed by atoms with Gasteiger partial charge in [-0.2, -0.15) is 0 Å². The van der Waals surface area contributed by atoms with E-state index < -0.39 is 10.0 Å². The zero-order valence-corrected chi connectivity index (χ0v) is 13.1. The van der Waals surface area contributed by atoms with Gasteiger partial charge in [0, 0.05) is 11.6 Å². The normalized spacial score (nSPS) is 18.0. The molecular formula is C16H17NO3S. The van der Waals surface area contributed by atoms with Crippen LogP contribution in [0.2, 0.25) is 0 Å². The Hall–Kier alpha value is -1.88. The molecule has 2 aromatic rings. The van der Waals surface area contributed by atoms with Gasteiger partial charge in [0.2, 0.25) is 0 Å². The monoisotopic (exact) mass is 303 g/mol. The van der Waals surface area contributed by atoms with Gasteiger partial charge in [-0.3, -0.25) is 4.79 Å². The average molecular weight is 303 g/mol. The molecule has 0 aliphatic heterocycles. The molecule has 1 heterocycles. The van der Waals surface area contributed by atoms with Gasteiger partial charge >= 0.3 is 0 Å². The number of hydrogen-bond donors (Lipinski definition) is 0. The zero-order valence-electron chi connectivity index (χ0n) is 12.3. The maximum atomic E-state index is 12.8. The molecule has 0 saturated carbocycles. The molecule has 0 saturated heterocycles. The minimum absolute atomic E-state index is 0.0891. The van der Waals surface area contributed by atoms with Crippen molar-refractivity contribution >= 4 is 15.8 Å². The van der Waals surface area contributed by atoms with Crippen molar-refractivity contribution in [3.63, 3.8) is 0 Å². The van der Waals surface area contributed by atoms with Gasteiger partial charge in [-0.05, 0) is 44.0 Å². The number of carbonyl (C=O) groups excluding carboxylic acids is 1. The number of rotatable bonds is 2. The van der Waals surface area contributed by atoms with Crippen LogP contribution in [0.25, 0.3) is 0 Å². The fourth-order valence-electron chi connectivity index (χ4n) is 2.88.